The highest BCUT2D eigenvalue weighted by molar-refractivity contribution is 5.92. The van der Waals surface area contributed by atoms with Crippen LogP contribution in [-0.4, -0.2) is 53.2 Å². The third kappa shape index (κ3) is 2.98. The molecule has 1 fully saturated rings. The zero-order chi connectivity index (χ0) is 17.3. The summed E-state index contributed by atoms with van der Waals surface area (Å²) in [6.45, 7) is -0.860. The first kappa shape index (κ1) is 16.4. The van der Waals surface area contributed by atoms with Gasteiger partial charge in [0.25, 0.3) is 0 Å². The van der Waals surface area contributed by atoms with Gasteiger partial charge in [-0.15, -0.1) is 0 Å². The second-order valence-electron chi connectivity index (χ2n) is 5.37. The zero-order valence-electron chi connectivity index (χ0n) is 12.4. The highest BCUT2D eigenvalue weighted by Crippen LogP contribution is 2.33. The standard InChI is InChI=1S/C15H13F3N4O2/c16-15(17,18)12-7-22(6-10(8-23)24-12)11-2-1-9(5-19)13-14(11)21-4-3-20-13/h1-4,10,12,23H,6-8H2/t10-,12+/m1/s1. The molecule has 2 aromatic rings. The van der Waals surface area contributed by atoms with Crippen molar-refractivity contribution in [1.29, 1.82) is 5.26 Å². The van der Waals surface area contributed by atoms with Crippen LogP contribution in [0.1, 0.15) is 5.56 Å². The summed E-state index contributed by atoms with van der Waals surface area (Å²) in [5.41, 5.74) is 1.39. The van der Waals surface area contributed by atoms with Crippen molar-refractivity contribution in [2.75, 3.05) is 24.6 Å². The number of ether oxygens (including phenoxy) is 1. The summed E-state index contributed by atoms with van der Waals surface area (Å²) in [5, 5.41) is 18.4. The zero-order valence-corrected chi connectivity index (χ0v) is 12.4. The molecule has 24 heavy (non-hydrogen) atoms. The molecule has 1 aliphatic heterocycles. The van der Waals surface area contributed by atoms with Gasteiger partial charge in [-0.05, 0) is 12.1 Å². The Morgan fingerprint density at radius 2 is 1.96 bits per heavy atom. The quantitative estimate of drug-likeness (QED) is 0.896. The fourth-order valence-corrected chi connectivity index (χ4v) is 2.71. The predicted octanol–water partition coefficient (Wildman–Crippen LogP) is 1.63. The molecule has 9 heteroatoms. The molecule has 1 saturated heterocycles. The van der Waals surface area contributed by atoms with Crippen LogP contribution in [0.5, 0.6) is 0 Å². The van der Waals surface area contributed by atoms with Crippen LogP contribution in [0.3, 0.4) is 0 Å². The molecule has 1 N–H and O–H groups in total. The molecule has 0 spiro atoms. The molecule has 0 saturated carbocycles. The molecule has 0 bridgehead atoms. The van der Waals surface area contributed by atoms with E-state index in [1.807, 2.05) is 6.07 Å². The Hall–Kier alpha value is -2.44. The number of benzene rings is 1. The molecular formula is C15H13F3N4O2. The summed E-state index contributed by atoms with van der Waals surface area (Å²) in [4.78, 5) is 9.72. The van der Waals surface area contributed by atoms with Crippen LogP contribution >= 0.6 is 0 Å². The van der Waals surface area contributed by atoms with Gasteiger partial charge in [-0.25, -0.2) is 0 Å². The number of nitrogens with zero attached hydrogens (tertiary/aromatic N) is 4. The van der Waals surface area contributed by atoms with Gasteiger partial charge < -0.3 is 14.7 Å². The highest BCUT2D eigenvalue weighted by Gasteiger charge is 2.46. The second kappa shape index (κ2) is 6.22. The predicted molar refractivity (Wildman–Crippen MR) is 78.3 cm³/mol. The van der Waals surface area contributed by atoms with Gasteiger partial charge in [0.05, 0.1) is 30.5 Å². The minimum atomic E-state index is -4.54. The van der Waals surface area contributed by atoms with Crippen LogP contribution < -0.4 is 4.90 Å². The molecule has 2 heterocycles. The number of aliphatic hydroxyl groups excluding tert-OH is 1. The normalized spacial score (nSPS) is 21.7. The number of hydrogen-bond donors (Lipinski definition) is 1. The minimum absolute atomic E-state index is 0.0840. The van der Waals surface area contributed by atoms with Crippen LogP contribution in [0.15, 0.2) is 24.5 Å². The van der Waals surface area contributed by atoms with Gasteiger partial charge >= 0.3 is 6.18 Å². The number of anilines is 1. The SMILES string of the molecule is N#Cc1ccc(N2C[C@H](CO)O[C@H](C(F)(F)F)C2)c2nccnc12. The van der Waals surface area contributed by atoms with Gasteiger partial charge in [0, 0.05) is 18.9 Å². The Bertz CT molecular complexity index is 790. The molecule has 0 radical (unpaired) electrons. The van der Waals surface area contributed by atoms with E-state index >= 15 is 0 Å². The first-order valence-corrected chi connectivity index (χ1v) is 7.16. The Kier molecular flexibility index (Phi) is 4.26. The molecule has 126 valence electrons. The van der Waals surface area contributed by atoms with Crippen LogP contribution in [0.4, 0.5) is 18.9 Å². The summed E-state index contributed by atoms with van der Waals surface area (Å²) in [7, 11) is 0. The van der Waals surface area contributed by atoms with E-state index in [9.17, 15) is 18.3 Å². The Morgan fingerprint density at radius 3 is 2.58 bits per heavy atom. The molecule has 1 aromatic heterocycles. The summed E-state index contributed by atoms with van der Waals surface area (Å²) in [6.07, 6.45) is -4.68. The van der Waals surface area contributed by atoms with Crippen LogP contribution in [0, 0.1) is 11.3 Å². The Balaban J connectivity index is 2.05. The summed E-state index contributed by atoms with van der Waals surface area (Å²) >= 11 is 0. The lowest BCUT2D eigenvalue weighted by Crippen LogP contribution is -2.54. The molecule has 1 aromatic carbocycles. The van der Waals surface area contributed by atoms with E-state index in [1.54, 1.807) is 6.07 Å². The van der Waals surface area contributed by atoms with Crippen molar-refractivity contribution in [2.45, 2.75) is 18.4 Å². The monoisotopic (exact) mass is 338 g/mol. The number of nitriles is 1. The first-order chi connectivity index (χ1) is 11.4. The molecular weight excluding hydrogens is 325 g/mol. The second-order valence-corrected chi connectivity index (χ2v) is 5.37. The van der Waals surface area contributed by atoms with Gasteiger partial charge in [0.1, 0.15) is 17.1 Å². The number of rotatable bonds is 2. The smallest absolute Gasteiger partial charge is 0.394 e. The molecule has 2 atom stereocenters. The van der Waals surface area contributed by atoms with Crippen molar-refractivity contribution < 1.29 is 23.0 Å². The number of aliphatic hydroxyl groups is 1. The van der Waals surface area contributed by atoms with E-state index in [0.717, 1.165) is 0 Å². The third-order valence-electron chi connectivity index (χ3n) is 3.80. The topological polar surface area (TPSA) is 82.3 Å². The fourth-order valence-electron chi connectivity index (χ4n) is 2.71. The van der Waals surface area contributed by atoms with Crippen molar-refractivity contribution in [3.63, 3.8) is 0 Å². The molecule has 1 aliphatic rings. The number of hydrogen-bond acceptors (Lipinski definition) is 6. The highest BCUT2D eigenvalue weighted by atomic mass is 19.4. The largest absolute Gasteiger partial charge is 0.416 e. The van der Waals surface area contributed by atoms with E-state index in [-0.39, 0.29) is 6.54 Å². The maximum Gasteiger partial charge on any atom is 0.416 e. The lowest BCUT2D eigenvalue weighted by molar-refractivity contribution is -0.238. The average molecular weight is 338 g/mol. The van der Waals surface area contributed by atoms with Crippen LogP contribution in [0.25, 0.3) is 11.0 Å². The molecule has 0 unspecified atom stereocenters. The van der Waals surface area contributed by atoms with Crippen molar-refractivity contribution in [1.82, 2.24) is 9.97 Å². The van der Waals surface area contributed by atoms with E-state index in [2.05, 4.69) is 9.97 Å². The Morgan fingerprint density at radius 1 is 1.25 bits per heavy atom. The van der Waals surface area contributed by atoms with Gasteiger partial charge in [0.15, 0.2) is 6.10 Å². The first-order valence-electron chi connectivity index (χ1n) is 7.16. The van der Waals surface area contributed by atoms with Gasteiger partial charge in [-0.2, -0.15) is 18.4 Å². The molecule has 3 rings (SSSR count). The van der Waals surface area contributed by atoms with Crippen LogP contribution in [0.2, 0.25) is 0 Å². The summed E-state index contributed by atoms with van der Waals surface area (Å²) < 4.78 is 44.1. The molecule has 0 aliphatic carbocycles. The maximum atomic E-state index is 13.1. The maximum absolute atomic E-state index is 13.1. The number of aromatic nitrogens is 2. The van der Waals surface area contributed by atoms with Gasteiger partial charge in [0.2, 0.25) is 0 Å². The van der Waals surface area contributed by atoms with Gasteiger partial charge in [-0.3, -0.25) is 9.97 Å². The van der Waals surface area contributed by atoms with Crippen LogP contribution in [-0.2, 0) is 4.74 Å². The molecule has 0 amide bonds. The Labute approximate surface area is 135 Å². The van der Waals surface area contributed by atoms with E-state index in [1.165, 1.54) is 23.4 Å². The minimum Gasteiger partial charge on any atom is -0.394 e. The lowest BCUT2D eigenvalue weighted by Gasteiger charge is -2.39. The van der Waals surface area contributed by atoms with Crippen molar-refractivity contribution in [3.8, 4) is 6.07 Å². The fraction of sp³-hybridized carbons (Fsp3) is 0.400. The average Bonchev–Trinajstić information content (AvgIpc) is 2.59. The third-order valence-corrected chi connectivity index (χ3v) is 3.80. The van der Waals surface area contributed by atoms with E-state index in [4.69, 9.17) is 10.00 Å². The van der Waals surface area contributed by atoms with E-state index in [0.29, 0.717) is 22.3 Å². The van der Waals surface area contributed by atoms with E-state index < -0.39 is 31.5 Å². The summed E-state index contributed by atoms with van der Waals surface area (Å²) in [5.74, 6) is 0. The summed E-state index contributed by atoms with van der Waals surface area (Å²) in [6, 6.07) is 5.03. The van der Waals surface area contributed by atoms with Gasteiger partial charge in [-0.1, -0.05) is 0 Å². The van der Waals surface area contributed by atoms with Crippen molar-refractivity contribution >= 4 is 16.7 Å². The van der Waals surface area contributed by atoms with Crippen molar-refractivity contribution in [3.05, 3.63) is 30.1 Å². The molecule has 6 nitrogen and oxygen atoms in total. The number of halogens is 3. The lowest BCUT2D eigenvalue weighted by atomic mass is 10.1. The number of alkyl halides is 3. The number of fused-ring (bicyclic) bond motifs is 1. The van der Waals surface area contributed by atoms with Crippen molar-refractivity contribution in [2.24, 2.45) is 0 Å². The number of morpholine rings is 1.